The average molecular weight is 228 g/mol. The molecule has 0 bridgehead atoms. The Morgan fingerprint density at radius 1 is 1.56 bits per heavy atom. The number of ether oxygens (including phenoxy) is 2. The van der Waals surface area contributed by atoms with Crippen LogP contribution in [0.15, 0.2) is 12.0 Å². The maximum absolute atomic E-state index is 11.9. The summed E-state index contributed by atoms with van der Waals surface area (Å²) in [6.45, 7) is 1.96. The van der Waals surface area contributed by atoms with Crippen molar-refractivity contribution in [1.82, 2.24) is 10.2 Å². The van der Waals surface area contributed by atoms with Gasteiger partial charge in [-0.25, -0.2) is 0 Å². The number of hydrogen-bond acceptors (Lipinski definition) is 5. The molecule has 2 atom stereocenters. The van der Waals surface area contributed by atoms with Crippen LogP contribution < -0.4 is 5.32 Å². The number of amides is 1. The van der Waals surface area contributed by atoms with Gasteiger partial charge in [-0.1, -0.05) is 0 Å². The zero-order chi connectivity index (χ0) is 11.5. The van der Waals surface area contributed by atoms with Gasteiger partial charge in [0.15, 0.2) is 0 Å². The number of aliphatic hydroxyl groups excluding tert-OH is 1. The second-order valence-corrected chi connectivity index (χ2v) is 3.91. The van der Waals surface area contributed by atoms with E-state index in [0.29, 0.717) is 26.3 Å². The highest BCUT2D eigenvalue weighted by molar-refractivity contribution is 5.91. The lowest BCUT2D eigenvalue weighted by molar-refractivity contribution is -0.134. The third-order valence-electron chi connectivity index (χ3n) is 2.83. The van der Waals surface area contributed by atoms with Crippen LogP contribution in [-0.4, -0.2) is 61.4 Å². The molecule has 1 saturated heterocycles. The van der Waals surface area contributed by atoms with Crippen molar-refractivity contribution in [2.45, 2.75) is 12.1 Å². The molecule has 0 unspecified atom stereocenters. The van der Waals surface area contributed by atoms with Crippen molar-refractivity contribution < 1.29 is 19.4 Å². The summed E-state index contributed by atoms with van der Waals surface area (Å²) in [5.41, 5.74) is 0. The number of rotatable bonds is 2. The fraction of sp³-hybridized carbons (Fsp3) is 0.700. The first-order valence-electron chi connectivity index (χ1n) is 5.30. The molecule has 1 fully saturated rings. The lowest BCUT2D eigenvalue weighted by atomic mass is 10.2. The minimum absolute atomic E-state index is 0.202. The third-order valence-corrected chi connectivity index (χ3v) is 2.83. The number of nitrogens with one attached hydrogen (secondary N) is 1. The molecule has 0 saturated carbocycles. The van der Waals surface area contributed by atoms with Crippen molar-refractivity contribution in [3.05, 3.63) is 12.0 Å². The SMILES string of the molecule is CN(C(=O)C1=COCCO1)[C@H]1CNC[C@@H]1O. The molecule has 0 spiro atoms. The highest BCUT2D eigenvalue weighted by Gasteiger charge is 2.33. The largest absolute Gasteiger partial charge is 0.494 e. The topological polar surface area (TPSA) is 71.0 Å². The van der Waals surface area contributed by atoms with Gasteiger partial charge >= 0.3 is 0 Å². The Morgan fingerprint density at radius 3 is 2.94 bits per heavy atom. The van der Waals surface area contributed by atoms with Gasteiger partial charge < -0.3 is 24.8 Å². The number of carbonyl (C=O) groups excluding carboxylic acids is 1. The van der Waals surface area contributed by atoms with E-state index in [1.54, 1.807) is 7.05 Å². The van der Waals surface area contributed by atoms with Crippen LogP contribution in [0.1, 0.15) is 0 Å². The molecule has 16 heavy (non-hydrogen) atoms. The predicted octanol–water partition coefficient (Wildman–Crippen LogP) is -1.33. The second kappa shape index (κ2) is 4.71. The Bertz CT molecular complexity index is 305. The van der Waals surface area contributed by atoms with Gasteiger partial charge in [0.25, 0.3) is 5.91 Å². The first-order valence-corrected chi connectivity index (χ1v) is 5.30. The van der Waals surface area contributed by atoms with E-state index in [2.05, 4.69) is 5.32 Å². The summed E-state index contributed by atoms with van der Waals surface area (Å²) in [6.07, 6.45) is 0.802. The molecule has 2 rings (SSSR count). The fourth-order valence-electron chi connectivity index (χ4n) is 1.85. The standard InChI is InChI=1S/C10H16N2O4/c1-12(7-4-11-5-8(7)13)10(14)9-6-15-2-3-16-9/h6-8,11,13H,2-5H2,1H3/t7-,8-/m0/s1. The normalized spacial score (nSPS) is 29.0. The first kappa shape index (κ1) is 11.2. The highest BCUT2D eigenvalue weighted by Crippen LogP contribution is 2.13. The van der Waals surface area contributed by atoms with Crippen LogP contribution in [0.25, 0.3) is 0 Å². The summed E-state index contributed by atoms with van der Waals surface area (Å²) in [4.78, 5) is 13.4. The van der Waals surface area contributed by atoms with Gasteiger partial charge in [0, 0.05) is 20.1 Å². The summed E-state index contributed by atoms with van der Waals surface area (Å²) in [7, 11) is 1.65. The summed E-state index contributed by atoms with van der Waals surface area (Å²) in [5.74, 6) is -0.0553. The molecule has 1 amide bonds. The molecule has 2 aliphatic heterocycles. The van der Waals surface area contributed by atoms with Crippen molar-refractivity contribution in [2.24, 2.45) is 0 Å². The number of aliphatic hydroxyl groups is 1. The molecule has 90 valence electrons. The van der Waals surface area contributed by atoms with E-state index < -0.39 is 6.10 Å². The van der Waals surface area contributed by atoms with Crippen LogP contribution in [-0.2, 0) is 14.3 Å². The van der Waals surface area contributed by atoms with Crippen molar-refractivity contribution in [1.29, 1.82) is 0 Å². The maximum atomic E-state index is 11.9. The van der Waals surface area contributed by atoms with Gasteiger partial charge in [-0.2, -0.15) is 0 Å². The Kier molecular flexibility index (Phi) is 3.31. The van der Waals surface area contributed by atoms with Gasteiger partial charge in [0.2, 0.25) is 5.76 Å². The van der Waals surface area contributed by atoms with Gasteiger partial charge in [-0.05, 0) is 0 Å². The summed E-state index contributed by atoms with van der Waals surface area (Å²) < 4.78 is 10.2. The van der Waals surface area contributed by atoms with Gasteiger partial charge in [0.1, 0.15) is 19.5 Å². The second-order valence-electron chi connectivity index (χ2n) is 3.91. The Labute approximate surface area is 93.8 Å². The molecule has 2 N–H and O–H groups in total. The molecule has 0 aromatic carbocycles. The molecule has 2 heterocycles. The molecule has 6 nitrogen and oxygen atoms in total. The monoisotopic (exact) mass is 228 g/mol. The summed E-state index contributed by atoms with van der Waals surface area (Å²) >= 11 is 0. The minimum atomic E-state index is -0.529. The fourth-order valence-corrected chi connectivity index (χ4v) is 1.85. The summed E-state index contributed by atoms with van der Waals surface area (Å²) in [6, 6.07) is -0.209. The zero-order valence-corrected chi connectivity index (χ0v) is 9.18. The smallest absolute Gasteiger partial charge is 0.292 e. The Balaban J connectivity index is 2.00. The number of carbonyl (C=O) groups is 1. The van der Waals surface area contributed by atoms with E-state index >= 15 is 0 Å². The van der Waals surface area contributed by atoms with Crippen LogP contribution in [0.2, 0.25) is 0 Å². The molecule has 6 heteroatoms. The van der Waals surface area contributed by atoms with E-state index in [4.69, 9.17) is 9.47 Å². The van der Waals surface area contributed by atoms with E-state index in [1.165, 1.54) is 11.2 Å². The first-order chi connectivity index (χ1) is 7.70. The van der Waals surface area contributed by atoms with E-state index in [-0.39, 0.29) is 17.7 Å². The lowest BCUT2D eigenvalue weighted by Gasteiger charge is -2.27. The van der Waals surface area contributed by atoms with Crippen molar-refractivity contribution in [3.63, 3.8) is 0 Å². The van der Waals surface area contributed by atoms with E-state index in [9.17, 15) is 9.90 Å². The zero-order valence-electron chi connectivity index (χ0n) is 9.18. The molecular formula is C10H16N2O4. The number of β-amino-alcohol motifs (C(OH)–C–C–N with tert-alkyl or cyclic N) is 1. The molecule has 0 aromatic heterocycles. The molecule has 2 aliphatic rings. The van der Waals surface area contributed by atoms with Crippen LogP contribution in [0.3, 0.4) is 0 Å². The average Bonchev–Trinajstić information content (AvgIpc) is 2.75. The number of likely N-dealkylation sites (N-methyl/N-ethyl adjacent to an activating group) is 1. The molecule has 0 radical (unpaired) electrons. The predicted molar refractivity (Wildman–Crippen MR) is 55.4 cm³/mol. The van der Waals surface area contributed by atoms with Crippen LogP contribution in [0.4, 0.5) is 0 Å². The van der Waals surface area contributed by atoms with Crippen LogP contribution >= 0.6 is 0 Å². The van der Waals surface area contributed by atoms with Gasteiger partial charge in [0.05, 0.1) is 12.1 Å². The lowest BCUT2D eigenvalue weighted by Crippen LogP contribution is -2.45. The van der Waals surface area contributed by atoms with Crippen LogP contribution in [0, 0.1) is 0 Å². The summed E-state index contributed by atoms with van der Waals surface area (Å²) in [5, 5.41) is 12.7. The maximum Gasteiger partial charge on any atom is 0.292 e. The molecular weight excluding hydrogens is 212 g/mol. The number of hydrogen-bond donors (Lipinski definition) is 2. The quantitative estimate of drug-likeness (QED) is 0.612. The number of nitrogens with zero attached hydrogens (tertiary/aromatic N) is 1. The Hall–Kier alpha value is -1.27. The molecule has 0 aromatic rings. The highest BCUT2D eigenvalue weighted by atomic mass is 16.6. The van der Waals surface area contributed by atoms with E-state index in [0.717, 1.165) is 0 Å². The van der Waals surface area contributed by atoms with Gasteiger partial charge in [-0.3, -0.25) is 4.79 Å². The third kappa shape index (κ3) is 2.12. The van der Waals surface area contributed by atoms with Crippen molar-refractivity contribution in [2.75, 3.05) is 33.4 Å². The Morgan fingerprint density at radius 2 is 2.38 bits per heavy atom. The minimum Gasteiger partial charge on any atom is -0.494 e. The van der Waals surface area contributed by atoms with Gasteiger partial charge in [-0.15, -0.1) is 0 Å². The van der Waals surface area contributed by atoms with Crippen molar-refractivity contribution in [3.8, 4) is 0 Å². The molecule has 0 aliphatic carbocycles. The van der Waals surface area contributed by atoms with Crippen molar-refractivity contribution >= 4 is 5.91 Å². The van der Waals surface area contributed by atoms with E-state index in [1.807, 2.05) is 0 Å². The van der Waals surface area contributed by atoms with Crippen LogP contribution in [0.5, 0.6) is 0 Å².